The van der Waals surface area contributed by atoms with Crippen molar-refractivity contribution in [3.63, 3.8) is 0 Å². The molecular formula is C11H12FNO3. The molecule has 1 saturated heterocycles. The molecule has 86 valence electrons. The molecule has 0 radical (unpaired) electrons. The first-order chi connectivity index (χ1) is 7.61. The topological polar surface area (TPSA) is 69.6 Å². The maximum Gasteiger partial charge on any atom is 0.342 e. The largest absolute Gasteiger partial charge is 0.507 e. The maximum absolute atomic E-state index is 13.2. The number of hydrogen-bond acceptors (Lipinski definition) is 3. The van der Waals surface area contributed by atoms with Crippen LogP contribution in [0.25, 0.3) is 0 Å². The summed E-state index contributed by atoms with van der Waals surface area (Å²) in [6.45, 7) is 0.823. The third-order valence-electron chi connectivity index (χ3n) is 2.81. The number of carbonyl (C=O) groups is 1. The molecule has 5 heteroatoms. The standard InChI is InChI=1S/C11H12FNO3/c12-7-4-3-6(8-2-1-5-13-8)10(14)9(7)11(15)16/h3-4,8,13-14H,1-2,5H2,(H,15,16)/t8-/m1/s1. The zero-order chi connectivity index (χ0) is 11.7. The van der Waals surface area contributed by atoms with E-state index >= 15 is 0 Å². The van der Waals surface area contributed by atoms with Crippen LogP contribution in [0, 0.1) is 5.82 Å². The van der Waals surface area contributed by atoms with Gasteiger partial charge in [-0.05, 0) is 25.5 Å². The van der Waals surface area contributed by atoms with Crippen molar-refractivity contribution in [3.05, 3.63) is 29.1 Å². The van der Waals surface area contributed by atoms with Crippen LogP contribution in [0.3, 0.4) is 0 Å². The minimum atomic E-state index is -1.45. The Morgan fingerprint density at radius 2 is 2.25 bits per heavy atom. The van der Waals surface area contributed by atoms with Gasteiger partial charge < -0.3 is 15.5 Å². The van der Waals surface area contributed by atoms with Gasteiger partial charge in [0.1, 0.15) is 17.1 Å². The number of aromatic hydroxyl groups is 1. The first-order valence-electron chi connectivity index (χ1n) is 5.09. The van der Waals surface area contributed by atoms with Gasteiger partial charge in [0.05, 0.1) is 0 Å². The van der Waals surface area contributed by atoms with E-state index < -0.39 is 23.1 Å². The minimum absolute atomic E-state index is 0.0845. The number of carboxylic acid groups (broad SMARTS) is 1. The van der Waals surface area contributed by atoms with Crippen LogP contribution in [0.1, 0.15) is 34.8 Å². The molecule has 1 heterocycles. The van der Waals surface area contributed by atoms with Crippen LogP contribution in [0.4, 0.5) is 4.39 Å². The number of rotatable bonds is 2. The summed E-state index contributed by atoms with van der Waals surface area (Å²) in [5.41, 5.74) is -0.192. The zero-order valence-corrected chi connectivity index (χ0v) is 8.53. The third-order valence-corrected chi connectivity index (χ3v) is 2.81. The molecular weight excluding hydrogens is 213 g/mol. The summed E-state index contributed by atoms with van der Waals surface area (Å²) in [5.74, 6) is -2.83. The fourth-order valence-corrected chi connectivity index (χ4v) is 2.02. The van der Waals surface area contributed by atoms with E-state index in [9.17, 15) is 14.3 Å². The van der Waals surface area contributed by atoms with Gasteiger partial charge in [0.2, 0.25) is 0 Å². The number of nitrogens with one attached hydrogen (secondary N) is 1. The van der Waals surface area contributed by atoms with Gasteiger partial charge in [-0.1, -0.05) is 6.07 Å². The normalized spacial score (nSPS) is 19.9. The fraction of sp³-hybridized carbons (Fsp3) is 0.364. The molecule has 1 aromatic carbocycles. The molecule has 0 aromatic heterocycles. The van der Waals surface area contributed by atoms with Gasteiger partial charge in [0.25, 0.3) is 0 Å². The summed E-state index contributed by atoms with van der Waals surface area (Å²) in [5, 5.41) is 21.7. The average molecular weight is 225 g/mol. The Morgan fingerprint density at radius 1 is 1.50 bits per heavy atom. The number of benzene rings is 1. The third kappa shape index (κ3) is 1.74. The van der Waals surface area contributed by atoms with Crippen molar-refractivity contribution in [2.24, 2.45) is 0 Å². The molecule has 1 atom stereocenters. The van der Waals surface area contributed by atoms with E-state index in [2.05, 4.69) is 5.32 Å². The molecule has 1 fully saturated rings. The molecule has 2 rings (SSSR count). The van der Waals surface area contributed by atoms with E-state index in [0.29, 0.717) is 5.56 Å². The summed E-state index contributed by atoms with van der Waals surface area (Å²) in [6.07, 6.45) is 1.78. The quantitative estimate of drug-likeness (QED) is 0.715. The van der Waals surface area contributed by atoms with Gasteiger partial charge in [-0.2, -0.15) is 0 Å². The van der Waals surface area contributed by atoms with Crippen molar-refractivity contribution >= 4 is 5.97 Å². The number of hydrogen-bond donors (Lipinski definition) is 3. The second-order valence-corrected chi connectivity index (χ2v) is 3.81. The Bertz CT molecular complexity index is 427. The Kier molecular flexibility index (Phi) is 2.78. The smallest absolute Gasteiger partial charge is 0.342 e. The van der Waals surface area contributed by atoms with Crippen LogP contribution in [-0.2, 0) is 0 Å². The van der Waals surface area contributed by atoms with Gasteiger partial charge in [0, 0.05) is 11.6 Å². The van der Waals surface area contributed by atoms with E-state index in [1.165, 1.54) is 6.07 Å². The van der Waals surface area contributed by atoms with E-state index in [-0.39, 0.29) is 6.04 Å². The lowest BCUT2D eigenvalue weighted by Gasteiger charge is -2.14. The number of phenols is 1. The molecule has 1 aliphatic heterocycles. The maximum atomic E-state index is 13.2. The lowest BCUT2D eigenvalue weighted by Crippen LogP contribution is -2.14. The van der Waals surface area contributed by atoms with Crippen LogP contribution in [0.15, 0.2) is 12.1 Å². The van der Waals surface area contributed by atoms with Crippen LogP contribution in [-0.4, -0.2) is 22.7 Å². The molecule has 0 aliphatic carbocycles. The lowest BCUT2D eigenvalue weighted by molar-refractivity contribution is 0.0688. The molecule has 0 spiro atoms. The Morgan fingerprint density at radius 3 is 2.81 bits per heavy atom. The summed E-state index contributed by atoms with van der Waals surface area (Å²) in [7, 11) is 0. The Hall–Kier alpha value is -1.62. The van der Waals surface area contributed by atoms with Crippen molar-refractivity contribution in [3.8, 4) is 5.75 Å². The molecule has 1 aromatic rings. The SMILES string of the molecule is O=C(O)c1c(F)ccc([C@H]2CCCN2)c1O. The Balaban J connectivity index is 2.47. The first kappa shape index (κ1) is 10.9. The number of aromatic carboxylic acids is 1. The summed E-state index contributed by atoms with van der Waals surface area (Å²) in [4.78, 5) is 10.8. The first-order valence-corrected chi connectivity index (χ1v) is 5.09. The van der Waals surface area contributed by atoms with Crippen molar-refractivity contribution in [2.45, 2.75) is 18.9 Å². The minimum Gasteiger partial charge on any atom is -0.507 e. The van der Waals surface area contributed by atoms with Crippen molar-refractivity contribution in [2.75, 3.05) is 6.54 Å². The van der Waals surface area contributed by atoms with E-state index in [0.717, 1.165) is 25.5 Å². The van der Waals surface area contributed by atoms with Crippen LogP contribution in [0.2, 0.25) is 0 Å². The molecule has 16 heavy (non-hydrogen) atoms. The number of halogens is 1. The Labute approximate surface area is 91.7 Å². The molecule has 0 bridgehead atoms. The number of carboxylic acids is 1. The molecule has 0 unspecified atom stereocenters. The summed E-state index contributed by atoms with van der Waals surface area (Å²) < 4.78 is 13.2. The van der Waals surface area contributed by atoms with Gasteiger partial charge in [-0.3, -0.25) is 0 Å². The highest BCUT2D eigenvalue weighted by Crippen LogP contribution is 2.33. The predicted octanol–water partition coefficient (Wildman–Crippen LogP) is 1.65. The van der Waals surface area contributed by atoms with Crippen molar-refractivity contribution in [1.82, 2.24) is 5.32 Å². The fourth-order valence-electron chi connectivity index (χ4n) is 2.02. The van der Waals surface area contributed by atoms with Gasteiger partial charge >= 0.3 is 5.97 Å². The average Bonchev–Trinajstić information content (AvgIpc) is 2.70. The lowest BCUT2D eigenvalue weighted by atomic mass is 10.0. The van der Waals surface area contributed by atoms with Crippen molar-refractivity contribution < 1.29 is 19.4 Å². The molecule has 0 saturated carbocycles. The molecule has 4 nitrogen and oxygen atoms in total. The van der Waals surface area contributed by atoms with Crippen LogP contribution in [0.5, 0.6) is 5.75 Å². The predicted molar refractivity (Wildman–Crippen MR) is 55.0 cm³/mol. The molecule has 1 aliphatic rings. The van der Waals surface area contributed by atoms with E-state index in [4.69, 9.17) is 5.11 Å². The summed E-state index contributed by atoms with van der Waals surface area (Å²) >= 11 is 0. The van der Waals surface area contributed by atoms with E-state index in [1.54, 1.807) is 0 Å². The highest BCUT2D eigenvalue weighted by molar-refractivity contribution is 5.91. The van der Waals surface area contributed by atoms with E-state index in [1.807, 2.05) is 0 Å². The van der Waals surface area contributed by atoms with Crippen LogP contribution >= 0.6 is 0 Å². The second kappa shape index (κ2) is 4.09. The van der Waals surface area contributed by atoms with Gasteiger partial charge in [-0.25, -0.2) is 9.18 Å². The monoisotopic (exact) mass is 225 g/mol. The molecule has 3 N–H and O–H groups in total. The van der Waals surface area contributed by atoms with Gasteiger partial charge in [-0.15, -0.1) is 0 Å². The second-order valence-electron chi connectivity index (χ2n) is 3.81. The van der Waals surface area contributed by atoms with Gasteiger partial charge in [0.15, 0.2) is 0 Å². The highest BCUT2D eigenvalue weighted by Gasteiger charge is 2.25. The highest BCUT2D eigenvalue weighted by atomic mass is 19.1. The van der Waals surface area contributed by atoms with Crippen molar-refractivity contribution in [1.29, 1.82) is 0 Å². The van der Waals surface area contributed by atoms with Crippen LogP contribution < -0.4 is 5.32 Å². The molecule has 0 amide bonds. The zero-order valence-electron chi connectivity index (χ0n) is 8.53. The summed E-state index contributed by atoms with van der Waals surface area (Å²) in [6, 6.07) is 2.43.